The minimum Gasteiger partial charge on any atom is -0.493 e. The highest BCUT2D eigenvalue weighted by molar-refractivity contribution is 7.89. The average Bonchev–Trinajstić information content (AvgIpc) is 2.35. The molecule has 94 valence electrons. The number of nitrogens with one attached hydrogen (secondary N) is 1. The Morgan fingerprint density at radius 2 is 1.88 bits per heavy atom. The summed E-state index contributed by atoms with van der Waals surface area (Å²) in [7, 11) is -0.832. The van der Waals surface area contributed by atoms with Gasteiger partial charge < -0.3 is 14.3 Å². The van der Waals surface area contributed by atoms with Crippen molar-refractivity contribution in [2.24, 2.45) is 0 Å². The molecule has 7 heteroatoms. The van der Waals surface area contributed by atoms with Crippen molar-refractivity contribution in [2.75, 3.05) is 20.8 Å². The van der Waals surface area contributed by atoms with Gasteiger partial charge in [0.25, 0.3) is 0 Å². The highest BCUT2D eigenvalue weighted by atomic mass is 32.2. The lowest BCUT2D eigenvalue weighted by Crippen LogP contribution is -2.25. The molecule has 0 heterocycles. The van der Waals surface area contributed by atoms with Crippen LogP contribution in [-0.2, 0) is 14.8 Å². The molecule has 0 radical (unpaired) electrons. The zero-order valence-electron chi connectivity index (χ0n) is 9.47. The first kappa shape index (κ1) is 13.5. The van der Waals surface area contributed by atoms with Gasteiger partial charge in [0.15, 0.2) is 11.5 Å². The number of rotatable bonds is 6. The van der Waals surface area contributed by atoms with E-state index < -0.39 is 10.0 Å². The van der Waals surface area contributed by atoms with Crippen LogP contribution in [0.4, 0.5) is 0 Å². The quantitative estimate of drug-likeness (QED) is 0.737. The van der Waals surface area contributed by atoms with E-state index in [9.17, 15) is 13.2 Å². The molecule has 0 bridgehead atoms. The summed E-state index contributed by atoms with van der Waals surface area (Å²) in [5.74, 6) is 0.739. The summed E-state index contributed by atoms with van der Waals surface area (Å²) in [6, 6.07) is 4.18. The fraction of sp³-hybridized carbons (Fsp3) is 0.300. The minimum atomic E-state index is -3.70. The van der Waals surface area contributed by atoms with Gasteiger partial charge in [0.05, 0.1) is 25.7 Å². The number of hydrogen-bond acceptors (Lipinski definition) is 5. The molecule has 0 aliphatic carbocycles. The number of benzene rings is 1. The van der Waals surface area contributed by atoms with Crippen LogP contribution in [-0.4, -0.2) is 35.5 Å². The van der Waals surface area contributed by atoms with E-state index in [0.717, 1.165) is 0 Å². The van der Waals surface area contributed by atoms with Gasteiger partial charge in [0.1, 0.15) is 6.29 Å². The number of carbonyl (C=O) groups excluding carboxylic acids is 1. The predicted octanol–water partition coefficient (Wildman–Crippen LogP) is 0.181. The van der Waals surface area contributed by atoms with Crippen LogP contribution in [0, 0.1) is 0 Å². The van der Waals surface area contributed by atoms with E-state index in [0.29, 0.717) is 17.8 Å². The zero-order chi connectivity index (χ0) is 12.9. The van der Waals surface area contributed by atoms with Crippen LogP contribution in [0.5, 0.6) is 11.5 Å². The van der Waals surface area contributed by atoms with Gasteiger partial charge in [-0.05, 0) is 12.1 Å². The van der Waals surface area contributed by atoms with Crippen molar-refractivity contribution in [2.45, 2.75) is 4.90 Å². The molecule has 0 atom stereocenters. The molecule has 0 fully saturated rings. The largest absolute Gasteiger partial charge is 0.493 e. The molecule has 0 saturated carbocycles. The van der Waals surface area contributed by atoms with E-state index in [2.05, 4.69) is 4.72 Å². The Morgan fingerprint density at radius 1 is 1.24 bits per heavy atom. The zero-order valence-corrected chi connectivity index (χ0v) is 10.3. The molecule has 0 aliphatic rings. The monoisotopic (exact) mass is 259 g/mol. The van der Waals surface area contributed by atoms with Crippen molar-refractivity contribution in [3.63, 3.8) is 0 Å². The third-order valence-corrected chi connectivity index (χ3v) is 3.44. The van der Waals surface area contributed by atoms with Gasteiger partial charge in [-0.1, -0.05) is 0 Å². The second kappa shape index (κ2) is 5.65. The van der Waals surface area contributed by atoms with Gasteiger partial charge in [-0.3, -0.25) is 0 Å². The maximum absolute atomic E-state index is 11.7. The van der Waals surface area contributed by atoms with Crippen molar-refractivity contribution in [3.05, 3.63) is 18.2 Å². The fourth-order valence-electron chi connectivity index (χ4n) is 1.21. The van der Waals surface area contributed by atoms with Gasteiger partial charge in [0, 0.05) is 6.07 Å². The molecule has 1 rings (SSSR count). The lowest BCUT2D eigenvalue weighted by atomic mass is 10.3. The summed E-state index contributed by atoms with van der Waals surface area (Å²) in [6.45, 7) is -0.267. The summed E-state index contributed by atoms with van der Waals surface area (Å²) < 4.78 is 35.5. The third-order valence-electron chi connectivity index (χ3n) is 2.02. The topological polar surface area (TPSA) is 81.7 Å². The number of ether oxygens (including phenoxy) is 2. The van der Waals surface area contributed by atoms with Crippen LogP contribution >= 0.6 is 0 Å². The molecule has 0 amide bonds. The van der Waals surface area contributed by atoms with Gasteiger partial charge in [-0.25, -0.2) is 13.1 Å². The smallest absolute Gasteiger partial charge is 0.241 e. The average molecular weight is 259 g/mol. The molecule has 17 heavy (non-hydrogen) atoms. The molecule has 0 aromatic heterocycles. The molecular formula is C10H13NO5S. The van der Waals surface area contributed by atoms with E-state index >= 15 is 0 Å². The number of hydrogen-bond donors (Lipinski definition) is 1. The summed E-state index contributed by atoms with van der Waals surface area (Å²) in [4.78, 5) is 10.1. The fourth-order valence-corrected chi connectivity index (χ4v) is 2.17. The molecule has 1 aromatic carbocycles. The van der Waals surface area contributed by atoms with Crippen LogP contribution in [0.15, 0.2) is 23.1 Å². The van der Waals surface area contributed by atoms with Crippen LogP contribution < -0.4 is 14.2 Å². The van der Waals surface area contributed by atoms with Gasteiger partial charge in [0.2, 0.25) is 10.0 Å². The van der Waals surface area contributed by atoms with E-state index in [1.807, 2.05) is 0 Å². The summed E-state index contributed by atoms with van der Waals surface area (Å²) in [5, 5.41) is 0. The molecule has 1 N–H and O–H groups in total. The number of carbonyl (C=O) groups is 1. The number of aldehydes is 1. The molecular weight excluding hydrogens is 246 g/mol. The lowest BCUT2D eigenvalue weighted by molar-refractivity contribution is -0.106. The molecule has 0 aliphatic heterocycles. The Hall–Kier alpha value is -1.60. The first-order valence-corrected chi connectivity index (χ1v) is 6.19. The highest BCUT2D eigenvalue weighted by Gasteiger charge is 2.16. The normalized spacial score (nSPS) is 10.9. The molecule has 0 unspecified atom stereocenters. The Balaban J connectivity index is 3.11. The van der Waals surface area contributed by atoms with Crippen LogP contribution in [0.25, 0.3) is 0 Å². The Bertz CT molecular complexity index is 497. The second-order valence-electron chi connectivity index (χ2n) is 3.04. The maximum atomic E-state index is 11.7. The minimum absolute atomic E-state index is 0.0111. The van der Waals surface area contributed by atoms with Crippen molar-refractivity contribution in [3.8, 4) is 11.5 Å². The van der Waals surface area contributed by atoms with Crippen molar-refractivity contribution < 1.29 is 22.7 Å². The second-order valence-corrected chi connectivity index (χ2v) is 4.80. The SMILES string of the molecule is COc1ccc(S(=O)(=O)NCC=O)cc1OC. The van der Waals surface area contributed by atoms with Gasteiger partial charge in [-0.2, -0.15) is 0 Å². The van der Waals surface area contributed by atoms with Crippen LogP contribution in [0.3, 0.4) is 0 Å². The van der Waals surface area contributed by atoms with Crippen LogP contribution in [0.1, 0.15) is 0 Å². The van der Waals surface area contributed by atoms with E-state index in [1.165, 1.54) is 32.4 Å². The van der Waals surface area contributed by atoms with Crippen LogP contribution in [0.2, 0.25) is 0 Å². The van der Waals surface area contributed by atoms with Crippen molar-refractivity contribution in [1.29, 1.82) is 0 Å². The summed E-state index contributed by atoms with van der Waals surface area (Å²) in [5.41, 5.74) is 0. The van der Waals surface area contributed by atoms with E-state index in [1.54, 1.807) is 0 Å². The first-order chi connectivity index (χ1) is 8.05. The summed E-state index contributed by atoms with van der Waals surface area (Å²) in [6.07, 6.45) is 0.471. The number of sulfonamides is 1. The highest BCUT2D eigenvalue weighted by Crippen LogP contribution is 2.29. The van der Waals surface area contributed by atoms with Crippen molar-refractivity contribution >= 4 is 16.3 Å². The molecule has 0 spiro atoms. The molecule has 6 nitrogen and oxygen atoms in total. The Labute approximate surface area is 99.6 Å². The summed E-state index contributed by atoms with van der Waals surface area (Å²) >= 11 is 0. The Kier molecular flexibility index (Phi) is 4.47. The standard InChI is InChI=1S/C10H13NO5S/c1-15-9-4-3-8(7-10(9)16-2)17(13,14)11-5-6-12/h3-4,6-7,11H,5H2,1-2H3. The van der Waals surface area contributed by atoms with E-state index in [-0.39, 0.29) is 11.4 Å². The lowest BCUT2D eigenvalue weighted by Gasteiger charge is -2.09. The van der Waals surface area contributed by atoms with Gasteiger partial charge >= 0.3 is 0 Å². The van der Waals surface area contributed by atoms with E-state index in [4.69, 9.17) is 9.47 Å². The Morgan fingerprint density at radius 3 is 2.41 bits per heavy atom. The first-order valence-electron chi connectivity index (χ1n) is 4.70. The maximum Gasteiger partial charge on any atom is 0.241 e. The van der Waals surface area contributed by atoms with Gasteiger partial charge in [-0.15, -0.1) is 0 Å². The third kappa shape index (κ3) is 3.18. The molecule has 1 aromatic rings. The van der Waals surface area contributed by atoms with Crippen molar-refractivity contribution in [1.82, 2.24) is 4.72 Å². The number of methoxy groups -OCH3 is 2. The predicted molar refractivity (Wildman–Crippen MR) is 60.8 cm³/mol. The molecule has 0 saturated heterocycles.